The highest BCUT2D eigenvalue weighted by molar-refractivity contribution is 7.89. The van der Waals surface area contributed by atoms with E-state index in [4.69, 9.17) is 0 Å². The van der Waals surface area contributed by atoms with E-state index in [1.165, 1.54) is 23.5 Å². The molecule has 0 spiro atoms. The van der Waals surface area contributed by atoms with Crippen LogP contribution in [0.3, 0.4) is 0 Å². The van der Waals surface area contributed by atoms with E-state index >= 15 is 0 Å². The molecule has 7 heteroatoms. The lowest BCUT2D eigenvalue weighted by atomic mass is 10.2. The maximum atomic E-state index is 12.8. The van der Waals surface area contributed by atoms with Gasteiger partial charge in [-0.2, -0.15) is 0 Å². The highest BCUT2D eigenvalue weighted by atomic mass is 32.2. The molecule has 2 aromatic rings. The smallest absolute Gasteiger partial charge is 0.211 e. The van der Waals surface area contributed by atoms with Gasteiger partial charge in [0.2, 0.25) is 10.0 Å². The van der Waals surface area contributed by atoms with Gasteiger partial charge in [-0.3, -0.25) is 0 Å². The fourth-order valence-corrected chi connectivity index (χ4v) is 3.06. The first kappa shape index (κ1) is 15.1. The van der Waals surface area contributed by atoms with E-state index in [2.05, 4.69) is 9.71 Å². The Morgan fingerprint density at radius 1 is 1.30 bits per heavy atom. The second kappa shape index (κ2) is 6.43. The first-order chi connectivity index (χ1) is 9.50. The topological polar surface area (TPSA) is 59.1 Å². The van der Waals surface area contributed by atoms with Gasteiger partial charge in [0.15, 0.2) is 0 Å². The second-order valence-corrected chi connectivity index (χ2v) is 7.15. The number of halogens is 1. The van der Waals surface area contributed by atoms with Gasteiger partial charge in [-0.15, -0.1) is 11.3 Å². The van der Waals surface area contributed by atoms with Gasteiger partial charge < -0.3 is 0 Å². The van der Waals surface area contributed by atoms with E-state index in [9.17, 15) is 12.8 Å². The van der Waals surface area contributed by atoms with Crippen LogP contribution in [0, 0.1) is 5.82 Å². The van der Waals surface area contributed by atoms with Crippen LogP contribution in [0.5, 0.6) is 0 Å². The summed E-state index contributed by atoms with van der Waals surface area (Å²) in [6.45, 7) is 1.93. The average Bonchev–Trinajstić information content (AvgIpc) is 2.88. The Bertz CT molecular complexity index is 666. The third kappa shape index (κ3) is 4.09. The Morgan fingerprint density at radius 3 is 2.65 bits per heavy atom. The van der Waals surface area contributed by atoms with Crippen LogP contribution in [0.15, 0.2) is 29.6 Å². The van der Waals surface area contributed by atoms with Crippen molar-refractivity contribution in [3.05, 3.63) is 41.2 Å². The van der Waals surface area contributed by atoms with E-state index in [1.54, 1.807) is 19.1 Å². The van der Waals surface area contributed by atoms with Crippen molar-refractivity contribution >= 4 is 21.4 Å². The average molecular weight is 314 g/mol. The number of nitrogens with zero attached hydrogens (tertiary/aromatic N) is 1. The fraction of sp³-hybridized carbons (Fsp3) is 0.308. The Hall–Kier alpha value is -1.31. The minimum absolute atomic E-state index is 0.0743. The molecule has 1 heterocycles. The first-order valence-electron chi connectivity index (χ1n) is 6.18. The lowest BCUT2D eigenvalue weighted by Gasteiger charge is -2.02. The van der Waals surface area contributed by atoms with Gasteiger partial charge in [-0.1, -0.05) is 0 Å². The van der Waals surface area contributed by atoms with Gasteiger partial charge in [0.25, 0.3) is 0 Å². The minimum atomic E-state index is -3.16. The summed E-state index contributed by atoms with van der Waals surface area (Å²) >= 11 is 1.46. The zero-order valence-corrected chi connectivity index (χ0v) is 12.6. The van der Waals surface area contributed by atoms with Gasteiger partial charge in [0.1, 0.15) is 10.8 Å². The molecule has 20 heavy (non-hydrogen) atoms. The summed E-state index contributed by atoms with van der Waals surface area (Å²) < 4.78 is 37.9. The van der Waals surface area contributed by atoms with E-state index in [1.807, 2.05) is 5.38 Å². The van der Waals surface area contributed by atoms with Crippen LogP contribution in [-0.4, -0.2) is 25.7 Å². The van der Waals surface area contributed by atoms with Crippen molar-refractivity contribution in [2.45, 2.75) is 13.3 Å². The van der Waals surface area contributed by atoms with E-state index in [-0.39, 0.29) is 11.6 Å². The Morgan fingerprint density at radius 2 is 2.00 bits per heavy atom. The lowest BCUT2D eigenvalue weighted by molar-refractivity contribution is 0.582. The monoisotopic (exact) mass is 314 g/mol. The van der Waals surface area contributed by atoms with Crippen LogP contribution < -0.4 is 4.72 Å². The number of hydrogen-bond acceptors (Lipinski definition) is 4. The van der Waals surface area contributed by atoms with Crippen molar-refractivity contribution in [1.29, 1.82) is 0 Å². The summed E-state index contributed by atoms with van der Waals surface area (Å²) in [5.41, 5.74) is 1.69. The van der Waals surface area contributed by atoms with Crippen molar-refractivity contribution in [2.75, 3.05) is 12.3 Å². The summed E-state index contributed by atoms with van der Waals surface area (Å²) in [6.07, 6.45) is 0.539. The molecule has 0 aliphatic rings. The largest absolute Gasteiger partial charge is 0.241 e. The van der Waals surface area contributed by atoms with Crippen LogP contribution in [-0.2, 0) is 16.4 Å². The van der Waals surface area contributed by atoms with Gasteiger partial charge >= 0.3 is 0 Å². The molecular weight excluding hydrogens is 299 g/mol. The molecule has 1 N–H and O–H groups in total. The van der Waals surface area contributed by atoms with Gasteiger partial charge in [-0.25, -0.2) is 22.5 Å². The lowest BCUT2D eigenvalue weighted by Crippen LogP contribution is -2.27. The zero-order valence-electron chi connectivity index (χ0n) is 11.0. The maximum Gasteiger partial charge on any atom is 0.211 e. The third-order valence-corrected chi connectivity index (χ3v) is 5.07. The number of nitrogens with one attached hydrogen (secondary N) is 1. The number of benzene rings is 1. The fourth-order valence-electron chi connectivity index (χ4n) is 1.58. The summed E-state index contributed by atoms with van der Waals surface area (Å²) in [5.74, 6) is -0.204. The Kier molecular flexibility index (Phi) is 4.85. The Balaban J connectivity index is 1.97. The van der Waals surface area contributed by atoms with Crippen molar-refractivity contribution in [3.8, 4) is 10.6 Å². The first-order valence-corrected chi connectivity index (χ1v) is 8.71. The van der Waals surface area contributed by atoms with E-state index in [0.717, 1.165) is 16.3 Å². The molecule has 1 aromatic heterocycles. The molecule has 4 nitrogen and oxygen atoms in total. The summed E-state index contributed by atoms with van der Waals surface area (Å²) in [7, 11) is -3.16. The predicted octanol–water partition coefficient (Wildman–Crippen LogP) is 2.43. The molecule has 0 bridgehead atoms. The number of thiazole rings is 1. The molecule has 0 saturated carbocycles. The van der Waals surface area contributed by atoms with Crippen molar-refractivity contribution < 1.29 is 12.8 Å². The normalized spacial score (nSPS) is 11.7. The molecule has 0 fully saturated rings. The predicted molar refractivity (Wildman–Crippen MR) is 78.7 cm³/mol. The van der Waals surface area contributed by atoms with Crippen molar-refractivity contribution in [3.63, 3.8) is 0 Å². The summed E-state index contributed by atoms with van der Waals surface area (Å²) in [6, 6.07) is 6.15. The van der Waals surface area contributed by atoms with Crippen molar-refractivity contribution in [1.82, 2.24) is 9.71 Å². The highest BCUT2D eigenvalue weighted by Gasteiger charge is 2.08. The molecular formula is C13H15FN2O2S2. The van der Waals surface area contributed by atoms with Crippen LogP contribution in [0.25, 0.3) is 10.6 Å². The molecule has 1 aromatic carbocycles. The quantitative estimate of drug-likeness (QED) is 0.891. The zero-order chi connectivity index (χ0) is 14.6. The molecule has 0 amide bonds. The Labute approximate surface area is 121 Å². The van der Waals surface area contributed by atoms with E-state index < -0.39 is 10.0 Å². The molecule has 0 unspecified atom stereocenters. The summed E-state index contributed by atoms with van der Waals surface area (Å²) in [5, 5.41) is 2.69. The number of hydrogen-bond donors (Lipinski definition) is 1. The van der Waals surface area contributed by atoms with Crippen LogP contribution in [0.1, 0.15) is 12.6 Å². The molecule has 2 rings (SSSR count). The second-order valence-electron chi connectivity index (χ2n) is 4.20. The minimum Gasteiger partial charge on any atom is -0.241 e. The van der Waals surface area contributed by atoms with Crippen LogP contribution in [0.2, 0.25) is 0 Å². The number of rotatable bonds is 6. The van der Waals surface area contributed by atoms with Gasteiger partial charge in [-0.05, 0) is 31.2 Å². The molecule has 0 aliphatic heterocycles. The molecule has 0 radical (unpaired) electrons. The van der Waals surface area contributed by atoms with E-state index in [0.29, 0.717) is 13.0 Å². The van der Waals surface area contributed by atoms with Gasteiger partial charge in [0, 0.05) is 23.9 Å². The third-order valence-electron chi connectivity index (χ3n) is 2.73. The van der Waals surface area contributed by atoms with Crippen molar-refractivity contribution in [2.24, 2.45) is 0 Å². The molecule has 0 atom stereocenters. The molecule has 0 saturated heterocycles. The van der Waals surface area contributed by atoms with Gasteiger partial charge in [0.05, 0.1) is 11.4 Å². The van der Waals surface area contributed by atoms with Crippen LogP contribution >= 0.6 is 11.3 Å². The molecule has 108 valence electrons. The van der Waals surface area contributed by atoms with Crippen LogP contribution in [0.4, 0.5) is 4.39 Å². The number of aromatic nitrogens is 1. The molecule has 0 aliphatic carbocycles. The number of sulfonamides is 1. The standard InChI is InChI=1S/C13H15FN2O2S2/c1-2-20(17,18)15-8-7-12-9-19-13(16-12)10-3-5-11(14)6-4-10/h3-6,9,15H,2,7-8H2,1H3. The highest BCUT2D eigenvalue weighted by Crippen LogP contribution is 2.23. The summed E-state index contributed by atoms with van der Waals surface area (Å²) in [4.78, 5) is 4.42. The maximum absolute atomic E-state index is 12.8. The SMILES string of the molecule is CCS(=O)(=O)NCCc1csc(-c2ccc(F)cc2)n1.